The van der Waals surface area contributed by atoms with Crippen LogP contribution in [0.25, 0.3) is 0 Å². The van der Waals surface area contributed by atoms with E-state index in [4.69, 9.17) is 37.4 Å². The molecular weight excluding hydrogens is 636 g/mol. The predicted octanol–water partition coefficient (Wildman–Crippen LogP) is 7.95. The summed E-state index contributed by atoms with van der Waals surface area (Å²) in [6, 6.07) is 15.9. The van der Waals surface area contributed by atoms with Crippen molar-refractivity contribution in [2.75, 3.05) is 38.2 Å². The molecule has 13 heteroatoms. The van der Waals surface area contributed by atoms with Crippen LogP contribution in [0.5, 0.6) is 5.75 Å². The van der Waals surface area contributed by atoms with E-state index in [9.17, 15) is 27.9 Å². The molecule has 0 aliphatic carbocycles. The van der Waals surface area contributed by atoms with Gasteiger partial charge in [-0.2, -0.15) is 13.2 Å². The maximum Gasteiger partial charge on any atom is 0.416 e. The number of hydrogen-bond acceptors (Lipinski definition) is 5. The van der Waals surface area contributed by atoms with Crippen molar-refractivity contribution in [1.82, 2.24) is 4.90 Å². The van der Waals surface area contributed by atoms with Crippen LogP contribution >= 0.6 is 23.2 Å². The number of amides is 2. The Bertz CT molecular complexity index is 1370. The Labute approximate surface area is 270 Å². The number of rotatable bonds is 17. The van der Waals surface area contributed by atoms with Gasteiger partial charge in [0.05, 0.1) is 18.7 Å². The Hall–Kier alpha value is -3.51. The smallest absolute Gasteiger partial charge is 0.416 e. The fraction of sp³-hybridized carbons (Fsp3) is 0.375. The van der Waals surface area contributed by atoms with Gasteiger partial charge in [-0.25, -0.2) is 9.59 Å². The second kappa shape index (κ2) is 17.8. The number of urea groups is 1. The fourth-order valence-electron chi connectivity index (χ4n) is 4.31. The largest absolute Gasteiger partial charge is 0.492 e. The van der Waals surface area contributed by atoms with Gasteiger partial charge in [-0.1, -0.05) is 41.4 Å². The van der Waals surface area contributed by atoms with Crippen LogP contribution < -0.4 is 10.1 Å². The number of hydrogen-bond donors (Lipinski definition) is 2. The van der Waals surface area contributed by atoms with E-state index in [1.807, 2.05) is 0 Å². The summed E-state index contributed by atoms with van der Waals surface area (Å²) in [6.45, 7) is 3.29. The second-order valence-electron chi connectivity index (χ2n) is 10.0. The number of benzene rings is 3. The first-order valence-corrected chi connectivity index (χ1v) is 15.0. The number of halogens is 5. The molecule has 0 fully saturated rings. The number of carboxylic acid groups (broad SMARTS) is 1. The normalized spacial score (nSPS) is 12.0. The van der Waals surface area contributed by atoms with Crippen LogP contribution in [0.3, 0.4) is 0 Å². The van der Waals surface area contributed by atoms with Crippen molar-refractivity contribution in [1.29, 1.82) is 0 Å². The molecule has 0 aromatic heterocycles. The predicted molar refractivity (Wildman–Crippen MR) is 166 cm³/mol. The summed E-state index contributed by atoms with van der Waals surface area (Å²) in [5.41, 5.74) is 0.737. The van der Waals surface area contributed by atoms with Gasteiger partial charge < -0.3 is 29.5 Å². The van der Waals surface area contributed by atoms with Crippen LogP contribution in [0.2, 0.25) is 10.0 Å². The van der Waals surface area contributed by atoms with Gasteiger partial charge in [0.1, 0.15) is 12.4 Å². The van der Waals surface area contributed by atoms with E-state index in [1.165, 1.54) is 17.0 Å². The average molecular weight is 672 g/mol. The molecule has 8 nitrogen and oxygen atoms in total. The number of carbonyl (C=O) groups excluding carboxylic acids is 1. The van der Waals surface area contributed by atoms with Crippen LogP contribution in [-0.4, -0.2) is 61.0 Å². The lowest BCUT2D eigenvalue weighted by Crippen LogP contribution is -2.38. The number of anilines is 1. The van der Waals surface area contributed by atoms with Crippen molar-refractivity contribution < 1.29 is 42.1 Å². The number of nitrogens with zero attached hydrogens (tertiary/aromatic N) is 1. The lowest BCUT2D eigenvalue weighted by Gasteiger charge is -2.23. The number of aliphatic carboxylic acids is 1. The molecule has 0 spiro atoms. The Morgan fingerprint density at radius 2 is 1.64 bits per heavy atom. The fourth-order valence-corrected chi connectivity index (χ4v) is 4.88. The van der Waals surface area contributed by atoms with Crippen LogP contribution in [0, 0.1) is 0 Å². The Morgan fingerprint density at radius 3 is 2.29 bits per heavy atom. The molecule has 0 aliphatic heterocycles. The Balaban J connectivity index is 1.55. The second-order valence-corrected chi connectivity index (χ2v) is 10.9. The molecule has 0 aliphatic rings. The molecular formula is C32H35Cl2F3N2O6. The molecule has 3 rings (SSSR count). The van der Waals surface area contributed by atoms with Gasteiger partial charge in [0.25, 0.3) is 0 Å². The number of carbonyl (C=O) groups is 2. The van der Waals surface area contributed by atoms with Crippen molar-refractivity contribution in [2.45, 2.75) is 45.1 Å². The van der Waals surface area contributed by atoms with Crippen molar-refractivity contribution in [3.63, 3.8) is 0 Å². The zero-order valence-electron chi connectivity index (χ0n) is 24.6. The lowest BCUT2D eigenvalue weighted by atomic mass is 10.1. The van der Waals surface area contributed by atoms with E-state index in [0.29, 0.717) is 48.4 Å². The minimum Gasteiger partial charge on any atom is -0.492 e. The summed E-state index contributed by atoms with van der Waals surface area (Å²) in [4.78, 5) is 25.9. The van der Waals surface area contributed by atoms with E-state index < -0.39 is 29.8 Å². The Morgan fingerprint density at radius 1 is 0.933 bits per heavy atom. The van der Waals surface area contributed by atoms with E-state index in [1.54, 1.807) is 49.4 Å². The van der Waals surface area contributed by atoms with Gasteiger partial charge in [-0.3, -0.25) is 0 Å². The molecule has 0 radical (unpaired) electrons. The maximum atomic E-state index is 13.2. The van der Waals surface area contributed by atoms with Gasteiger partial charge in [-0.05, 0) is 79.4 Å². The van der Waals surface area contributed by atoms with Gasteiger partial charge >= 0.3 is 18.2 Å². The summed E-state index contributed by atoms with van der Waals surface area (Å²) >= 11 is 12.0. The third-order valence-corrected chi connectivity index (χ3v) is 6.94. The third-order valence-electron chi connectivity index (χ3n) is 6.50. The first kappa shape index (κ1) is 36.0. The number of alkyl halides is 3. The molecule has 1 atom stereocenters. The van der Waals surface area contributed by atoms with E-state index in [0.717, 1.165) is 23.3 Å². The van der Waals surface area contributed by atoms with Crippen molar-refractivity contribution >= 4 is 40.9 Å². The summed E-state index contributed by atoms with van der Waals surface area (Å²) < 4.78 is 56.3. The summed E-state index contributed by atoms with van der Waals surface area (Å²) in [5.74, 6) is -0.534. The highest BCUT2D eigenvalue weighted by Crippen LogP contribution is 2.30. The monoisotopic (exact) mass is 670 g/mol. The average Bonchev–Trinajstić information content (AvgIpc) is 2.97. The lowest BCUT2D eigenvalue weighted by molar-refractivity contribution is -0.150. The topological polar surface area (TPSA) is 97.3 Å². The molecule has 3 aromatic rings. The summed E-state index contributed by atoms with van der Waals surface area (Å²) in [6.07, 6.45) is -4.12. The minimum absolute atomic E-state index is 0.0200. The van der Waals surface area contributed by atoms with Gasteiger partial charge in [-0.15, -0.1) is 0 Å². The number of nitrogens with one attached hydrogen (secondary N) is 1. The van der Waals surface area contributed by atoms with Gasteiger partial charge in [0, 0.05) is 41.9 Å². The zero-order valence-corrected chi connectivity index (χ0v) is 26.1. The van der Waals surface area contributed by atoms with Crippen LogP contribution in [-0.2, 0) is 33.5 Å². The minimum atomic E-state index is -4.54. The number of unbranched alkanes of at least 4 members (excludes halogenated alkanes) is 1. The first-order valence-electron chi connectivity index (χ1n) is 14.3. The van der Waals surface area contributed by atoms with Crippen LogP contribution in [0.1, 0.15) is 36.5 Å². The maximum absolute atomic E-state index is 13.2. The molecule has 0 saturated carbocycles. The molecule has 0 heterocycles. The zero-order chi connectivity index (χ0) is 32.8. The standard InChI is InChI=1S/C32H35Cl2F3N2O6/c1-2-44-29(30(40)41)18-22-8-10-28(11-9-22)45-15-13-39(31(42)38-27-7-5-6-24(19-27)32(35,36)37)12-3-4-14-43-21-23-16-25(33)20-26(34)17-23/h5-11,16-17,19-20,29H,2-4,12-15,18,21H2,1H3,(H,38,42)(H,40,41). The van der Waals surface area contributed by atoms with Crippen molar-refractivity contribution in [3.05, 3.63) is 93.5 Å². The van der Waals surface area contributed by atoms with E-state index >= 15 is 0 Å². The highest BCUT2D eigenvalue weighted by molar-refractivity contribution is 6.34. The van der Waals surface area contributed by atoms with Crippen molar-refractivity contribution in [3.8, 4) is 5.75 Å². The van der Waals surface area contributed by atoms with E-state index in [-0.39, 0.29) is 31.9 Å². The summed E-state index contributed by atoms with van der Waals surface area (Å²) in [5, 5.41) is 12.9. The van der Waals surface area contributed by atoms with Gasteiger partial charge in [0.15, 0.2) is 6.10 Å². The quantitative estimate of drug-likeness (QED) is 0.142. The van der Waals surface area contributed by atoms with Crippen LogP contribution in [0.15, 0.2) is 66.7 Å². The molecule has 1 unspecified atom stereocenters. The number of carboxylic acids is 1. The van der Waals surface area contributed by atoms with Crippen molar-refractivity contribution in [2.24, 2.45) is 0 Å². The molecule has 0 bridgehead atoms. The SMILES string of the molecule is CCOC(Cc1ccc(OCCN(CCCCOCc2cc(Cl)cc(Cl)c2)C(=O)Nc2cccc(C(F)(F)F)c2)cc1)C(=O)O. The highest BCUT2D eigenvalue weighted by atomic mass is 35.5. The van der Waals surface area contributed by atoms with Crippen LogP contribution in [0.4, 0.5) is 23.7 Å². The summed E-state index contributed by atoms with van der Waals surface area (Å²) in [7, 11) is 0. The number of ether oxygens (including phenoxy) is 3. The molecule has 244 valence electrons. The molecule has 45 heavy (non-hydrogen) atoms. The Kier molecular flexibility index (Phi) is 14.3. The molecule has 2 N–H and O–H groups in total. The van der Waals surface area contributed by atoms with E-state index in [2.05, 4.69) is 5.32 Å². The van der Waals surface area contributed by atoms with Gasteiger partial charge in [0.2, 0.25) is 0 Å². The first-order chi connectivity index (χ1) is 21.4. The highest BCUT2D eigenvalue weighted by Gasteiger charge is 2.30. The molecule has 2 amide bonds. The molecule has 0 saturated heterocycles. The molecule has 3 aromatic carbocycles. The third kappa shape index (κ3) is 12.8.